The van der Waals surface area contributed by atoms with Gasteiger partial charge in [-0.15, -0.1) is 0 Å². The third-order valence-electron chi connectivity index (χ3n) is 4.75. The molecule has 0 aliphatic heterocycles. The third-order valence-corrected chi connectivity index (χ3v) is 4.75. The highest BCUT2D eigenvalue weighted by molar-refractivity contribution is 6.04. The Kier molecular flexibility index (Phi) is 5.76. The van der Waals surface area contributed by atoms with Crippen LogP contribution in [0.1, 0.15) is 27.5 Å². The Morgan fingerprint density at radius 3 is 2.94 bits per heavy atom. The summed E-state index contributed by atoms with van der Waals surface area (Å²) >= 11 is 0. The number of carbonyl (C=O) groups excluding carboxylic acids is 1. The van der Waals surface area contributed by atoms with E-state index in [2.05, 4.69) is 25.8 Å². The first-order chi connectivity index (χ1) is 14.9. The number of nitrogens with one attached hydrogen (secondary N) is 2. The summed E-state index contributed by atoms with van der Waals surface area (Å²) in [6.07, 6.45) is 2.30. The maximum Gasteiger partial charge on any atom is 0.274 e. The van der Waals surface area contributed by atoms with Crippen LogP contribution in [0.2, 0.25) is 0 Å². The summed E-state index contributed by atoms with van der Waals surface area (Å²) in [5, 5.41) is 19.0. The van der Waals surface area contributed by atoms with E-state index in [1.54, 1.807) is 16.7 Å². The molecular weight excluding hydrogens is 400 g/mol. The van der Waals surface area contributed by atoms with Crippen molar-refractivity contribution in [1.82, 2.24) is 24.8 Å². The van der Waals surface area contributed by atoms with Gasteiger partial charge in [0.1, 0.15) is 11.3 Å². The summed E-state index contributed by atoms with van der Waals surface area (Å²) in [6.45, 7) is 4.00. The van der Waals surface area contributed by atoms with Gasteiger partial charge in [0.15, 0.2) is 0 Å². The third kappa shape index (κ3) is 4.45. The molecule has 0 aliphatic carbocycles. The number of imidazole rings is 1. The minimum absolute atomic E-state index is 0.144. The lowest BCUT2D eigenvalue weighted by Crippen LogP contribution is -2.29. The summed E-state index contributed by atoms with van der Waals surface area (Å²) in [7, 11) is 1.37. The number of amides is 1. The zero-order valence-corrected chi connectivity index (χ0v) is 17.3. The fraction of sp³-hybridized carbons (Fsp3) is 0.238. The van der Waals surface area contributed by atoms with Crippen molar-refractivity contribution < 1.29 is 19.2 Å². The van der Waals surface area contributed by atoms with E-state index in [1.165, 1.54) is 7.11 Å². The molecule has 1 unspecified atom stereocenters. The van der Waals surface area contributed by atoms with Crippen LogP contribution < -0.4 is 10.6 Å². The SMILES string of the molecule is COC(O)NCc1nc(-c2ccc(C)c(NC(=O)c3cnc4ccc(C)cn34)c2)no1. The number of fused-ring (bicyclic) bond motifs is 1. The number of methoxy groups -OCH3 is 1. The van der Waals surface area contributed by atoms with Crippen LogP contribution in [0.15, 0.2) is 47.2 Å². The average molecular weight is 422 g/mol. The monoisotopic (exact) mass is 422 g/mol. The van der Waals surface area contributed by atoms with Crippen molar-refractivity contribution >= 4 is 17.2 Å². The number of hydrogen-bond acceptors (Lipinski definition) is 8. The Bertz CT molecular complexity index is 1230. The molecule has 4 aromatic rings. The summed E-state index contributed by atoms with van der Waals surface area (Å²) in [5.74, 6) is 0.382. The van der Waals surface area contributed by atoms with Crippen LogP contribution in [0, 0.1) is 13.8 Å². The number of anilines is 1. The molecule has 1 atom stereocenters. The molecule has 0 saturated carbocycles. The van der Waals surface area contributed by atoms with Crippen LogP contribution in [0.5, 0.6) is 0 Å². The Balaban J connectivity index is 1.55. The first-order valence-electron chi connectivity index (χ1n) is 9.57. The minimum Gasteiger partial charge on any atom is -0.356 e. The number of carbonyl (C=O) groups is 1. The predicted octanol–water partition coefficient (Wildman–Crippen LogP) is 2.27. The Labute approximate surface area is 177 Å². The number of aromatic nitrogens is 4. The molecule has 0 aliphatic rings. The van der Waals surface area contributed by atoms with Crippen molar-refractivity contribution in [3.8, 4) is 11.4 Å². The van der Waals surface area contributed by atoms with Gasteiger partial charge < -0.3 is 19.7 Å². The number of benzene rings is 1. The van der Waals surface area contributed by atoms with Crippen molar-refractivity contribution in [3.05, 3.63) is 65.4 Å². The van der Waals surface area contributed by atoms with Gasteiger partial charge in [0.05, 0.1) is 12.7 Å². The number of aliphatic hydroxyl groups excluding tert-OH is 1. The smallest absolute Gasteiger partial charge is 0.274 e. The highest BCUT2D eigenvalue weighted by atomic mass is 16.6. The van der Waals surface area contributed by atoms with Gasteiger partial charge >= 0.3 is 0 Å². The van der Waals surface area contributed by atoms with Gasteiger partial charge in [-0.25, -0.2) is 4.98 Å². The molecule has 10 nitrogen and oxygen atoms in total. The van der Waals surface area contributed by atoms with Crippen LogP contribution in [-0.2, 0) is 11.3 Å². The second-order valence-electron chi connectivity index (χ2n) is 7.04. The van der Waals surface area contributed by atoms with Crippen LogP contribution in [0.3, 0.4) is 0 Å². The lowest BCUT2D eigenvalue weighted by molar-refractivity contribution is -0.0989. The van der Waals surface area contributed by atoms with Gasteiger partial charge in [-0.3, -0.25) is 14.5 Å². The van der Waals surface area contributed by atoms with Crippen LogP contribution >= 0.6 is 0 Å². The molecule has 160 valence electrons. The fourth-order valence-corrected chi connectivity index (χ4v) is 3.04. The van der Waals surface area contributed by atoms with E-state index < -0.39 is 6.41 Å². The number of aryl methyl sites for hydroxylation is 2. The fourth-order valence-electron chi connectivity index (χ4n) is 3.04. The average Bonchev–Trinajstić information content (AvgIpc) is 3.40. The quantitative estimate of drug-likeness (QED) is 0.387. The normalized spacial score (nSPS) is 12.3. The molecule has 3 heterocycles. The minimum atomic E-state index is -1.13. The molecule has 0 bridgehead atoms. The van der Waals surface area contributed by atoms with E-state index in [9.17, 15) is 9.90 Å². The van der Waals surface area contributed by atoms with Crippen molar-refractivity contribution in [2.24, 2.45) is 0 Å². The van der Waals surface area contributed by atoms with Gasteiger partial charge in [0, 0.05) is 24.6 Å². The summed E-state index contributed by atoms with van der Waals surface area (Å²) in [6, 6.07) is 9.31. The maximum atomic E-state index is 12.9. The Morgan fingerprint density at radius 2 is 2.13 bits per heavy atom. The predicted molar refractivity (Wildman–Crippen MR) is 112 cm³/mol. The lowest BCUT2D eigenvalue weighted by atomic mass is 10.1. The Morgan fingerprint density at radius 1 is 1.29 bits per heavy atom. The standard InChI is InChI=1S/C21H22N6O4/c1-12-4-7-17-22-9-16(27(17)11-12)20(28)24-15-8-14(6-5-13(15)2)19-25-18(31-26-19)10-23-21(29)30-3/h4-9,11,21,23,29H,10H2,1-3H3,(H,24,28). The van der Waals surface area contributed by atoms with Gasteiger partial charge in [-0.1, -0.05) is 23.4 Å². The first kappa shape index (κ1) is 20.7. The molecule has 10 heteroatoms. The van der Waals surface area contributed by atoms with E-state index in [0.717, 1.165) is 11.1 Å². The summed E-state index contributed by atoms with van der Waals surface area (Å²) in [4.78, 5) is 21.5. The highest BCUT2D eigenvalue weighted by Gasteiger charge is 2.16. The largest absolute Gasteiger partial charge is 0.356 e. The van der Waals surface area contributed by atoms with Gasteiger partial charge in [0.25, 0.3) is 5.91 Å². The molecule has 0 spiro atoms. The topological polar surface area (TPSA) is 127 Å². The van der Waals surface area contributed by atoms with Crippen LogP contribution in [0.4, 0.5) is 5.69 Å². The second kappa shape index (κ2) is 8.64. The molecule has 4 rings (SSSR count). The number of rotatable bonds is 7. The van der Waals surface area contributed by atoms with E-state index in [0.29, 0.717) is 34.3 Å². The molecule has 3 aromatic heterocycles. The van der Waals surface area contributed by atoms with Crippen molar-refractivity contribution in [1.29, 1.82) is 0 Å². The molecule has 1 aromatic carbocycles. The molecular formula is C21H22N6O4. The summed E-state index contributed by atoms with van der Waals surface area (Å²) < 4.78 is 11.7. The van der Waals surface area contributed by atoms with Gasteiger partial charge in [-0.2, -0.15) is 4.98 Å². The van der Waals surface area contributed by atoms with Gasteiger partial charge in [-0.05, 0) is 37.1 Å². The number of aliphatic hydroxyl groups is 1. The first-order valence-corrected chi connectivity index (χ1v) is 9.57. The molecule has 0 fully saturated rings. The molecule has 0 radical (unpaired) electrons. The van der Waals surface area contributed by atoms with E-state index in [4.69, 9.17) is 9.26 Å². The number of ether oxygens (including phenoxy) is 1. The van der Waals surface area contributed by atoms with Crippen molar-refractivity contribution in [2.45, 2.75) is 26.8 Å². The number of nitrogens with zero attached hydrogens (tertiary/aromatic N) is 4. The highest BCUT2D eigenvalue weighted by Crippen LogP contribution is 2.24. The van der Waals surface area contributed by atoms with Crippen LogP contribution in [-0.4, -0.2) is 44.1 Å². The van der Waals surface area contributed by atoms with E-state index in [-0.39, 0.29) is 12.5 Å². The summed E-state index contributed by atoms with van der Waals surface area (Å²) in [5.41, 5.74) is 4.36. The maximum absolute atomic E-state index is 12.9. The molecule has 1 amide bonds. The van der Waals surface area contributed by atoms with E-state index >= 15 is 0 Å². The lowest BCUT2D eigenvalue weighted by Gasteiger charge is -2.10. The van der Waals surface area contributed by atoms with E-state index in [1.807, 2.05) is 44.3 Å². The zero-order chi connectivity index (χ0) is 22.0. The number of hydrogen-bond donors (Lipinski definition) is 3. The zero-order valence-electron chi connectivity index (χ0n) is 17.3. The van der Waals surface area contributed by atoms with Crippen molar-refractivity contribution in [2.75, 3.05) is 12.4 Å². The second-order valence-corrected chi connectivity index (χ2v) is 7.04. The molecule has 3 N–H and O–H groups in total. The molecule has 0 saturated heterocycles. The van der Waals surface area contributed by atoms with Crippen LogP contribution in [0.25, 0.3) is 17.0 Å². The van der Waals surface area contributed by atoms with Gasteiger partial charge in [0.2, 0.25) is 18.1 Å². The number of pyridine rings is 1. The van der Waals surface area contributed by atoms with Crippen molar-refractivity contribution in [3.63, 3.8) is 0 Å². The Hall–Kier alpha value is -3.60. The molecule has 31 heavy (non-hydrogen) atoms.